The number of aromatic nitrogens is 1. The second-order valence-electron chi connectivity index (χ2n) is 8.78. The monoisotopic (exact) mass is 482 g/mol. The normalized spacial score (nSPS) is 14.3. The highest BCUT2D eigenvalue weighted by Gasteiger charge is 2.18. The number of halogens is 1. The van der Waals surface area contributed by atoms with Gasteiger partial charge in [-0.3, -0.25) is 9.69 Å². The smallest absolute Gasteiger partial charge is 0.322 e. The first-order valence-electron chi connectivity index (χ1n) is 11.6. The Balaban J connectivity index is 1.54. The highest BCUT2D eigenvalue weighted by Crippen LogP contribution is 2.21. The van der Waals surface area contributed by atoms with Gasteiger partial charge in [0.05, 0.1) is 25.3 Å². The van der Waals surface area contributed by atoms with Crippen LogP contribution in [-0.2, 0) is 11.3 Å². The largest absolute Gasteiger partial charge is 0.379 e. The van der Waals surface area contributed by atoms with Crippen LogP contribution in [0.15, 0.2) is 47.3 Å². The first kappa shape index (κ1) is 24.3. The van der Waals surface area contributed by atoms with Crippen LogP contribution >= 0.6 is 11.6 Å². The van der Waals surface area contributed by atoms with Gasteiger partial charge in [0.1, 0.15) is 0 Å². The predicted molar refractivity (Wildman–Crippen MR) is 137 cm³/mol. The van der Waals surface area contributed by atoms with Gasteiger partial charge in [-0.1, -0.05) is 23.7 Å². The summed E-state index contributed by atoms with van der Waals surface area (Å²) in [5.41, 5.74) is 4.01. The third-order valence-corrected chi connectivity index (χ3v) is 6.52. The minimum absolute atomic E-state index is 0.168. The van der Waals surface area contributed by atoms with Gasteiger partial charge in [0.25, 0.3) is 5.56 Å². The van der Waals surface area contributed by atoms with E-state index in [1.807, 2.05) is 32.0 Å². The number of benzene rings is 2. The number of urea groups is 1. The highest BCUT2D eigenvalue weighted by atomic mass is 35.5. The van der Waals surface area contributed by atoms with Crippen molar-refractivity contribution in [3.05, 3.63) is 74.5 Å². The van der Waals surface area contributed by atoms with E-state index in [9.17, 15) is 9.59 Å². The standard InChI is InChI=1S/C26H31ClN4O3/c1-18-4-5-19(2)24-23(18)16-20(25(32)29-24)17-31(11-3-10-30-12-14-34-15-13-30)26(33)28-22-8-6-21(27)7-9-22/h4-9,16H,3,10-15,17H2,1-2H3,(H,28,33)(H,29,32). The summed E-state index contributed by atoms with van der Waals surface area (Å²) in [5, 5.41) is 4.54. The number of carbonyl (C=O) groups excluding carboxylic acids is 1. The zero-order valence-corrected chi connectivity index (χ0v) is 20.5. The molecule has 1 fully saturated rings. The van der Waals surface area contributed by atoms with Crippen molar-refractivity contribution in [3.63, 3.8) is 0 Å². The maximum Gasteiger partial charge on any atom is 0.322 e. The Morgan fingerprint density at radius 2 is 1.82 bits per heavy atom. The molecule has 7 nitrogen and oxygen atoms in total. The maximum atomic E-state index is 13.2. The van der Waals surface area contributed by atoms with Gasteiger partial charge in [-0.15, -0.1) is 0 Å². The Kier molecular flexibility index (Phi) is 7.88. The summed E-state index contributed by atoms with van der Waals surface area (Å²) in [6, 6.07) is 12.7. The van der Waals surface area contributed by atoms with Crippen LogP contribution in [0.5, 0.6) is 0 Å². The lowest BCUT2D eigenvalue weighted by molar-refractivity contribution is 0.0365. The van der Waals surface area contributed by atoms with E-state index in [2.05, 4.69) is 15.2 Å². The molecule has 0 aliphatic carbocycles. The van der Waals surface area contributed by atoms with E-state index in [-0.39, 0.29) is 18.1 Å². The number of anilines is 1. The van der Waals surface area contributed by atoms with Gasteiger partial charge in [0, 0.05) is 47.8 Å². The van der Waals surface area contributed by atoms with Crippen molar-refractivity contribution in [1.29, 1.82) is 0 Å². The van der Waals surface area contributed by atoms with Crippen LogP contribution in [0.25, 0.3) is 10.9 Å². The zero-order valence-electron chi connectivity index (χ0n) is 19.7. The molecule has 1 saturated heterocycles. The van der Waals surface area contributed by atoms with Gasteiger partial charge in [-0.25, -0.2) is 4.79 Å². The molecular formula is C26H31ClN4O3. The van der Waals surface area contributed by atoms with Crippen molar-refractivity contribution in [3.8, 4) is 0 Å². The molecule has 2 heterocycles. The fourth-order valence-corrected chi connectivity index (χ4v) is 4.37. The van der Waals surface area contributed by atoms with Crippen molar-refractivity contribution in [2.24, 2.45) is 0 Å². The molecule has 0 bridgehead atoms. The Bertz CT molecular complexity index is 1200. The molecule has 2 amide bonds. The van der Waals surface area contributed by atoms with E-state index in [4.69, 9.17) is 16.3 Å². The number of carbonyl (C=O) groups is 1. The average molecular weight is 483 g/mol. The number of nitrogens with zero attached hydrogens (tertiary/aromatic N) is 2. The second kappa shape index (κ2) is 11.0. The molecule has 2 N–H and O–H groups in total. The minimum Gasteiger partial charge on any atom is -0.379 e. The van der Waals surface area contributed by atoms with Crippen molar-refractivity contribution < 1.29 is 9.53 Å². The summed E-state index contributed by atoms with van der Waals surface area (Å²) >= 11 is 5.97. The van der Waals surface area contributed by atoms with E-state index in [1.54, 1.807) is 29.2 Å². The van der Waals surface area contributed by atoms with Crippen LogP contribution in [0.3, 0.4) is 0 Å². The quantitative estimate of drug-likeness (QED) is 0.517. The highest BCUT2D eigenvalue weighted by molar-refractivity contribution is 6.30. The molecule has 1 aromatic heterocycles. The number of aryl methyl sites for hydroxylation is 2. The molecular weight excluding hydrogens is 452 g/mol. The van der Waals surface area contributed by atoms with Gasteiger partial charge in [-0.2, -0.15) is 0 Å². The number of pyridine rings is 1. The van der Waals surface area contributed by atoms with E-state index in [0.29, 0.717) is 22.8 Å². The first-order chi connectivity index (χ1) is 16.4. The number of hydrogen-bond donors (Lipinski definition) is 2. The van der Waals surface area contributed by atoms with Crippen LogP contribution in [0.1, 0.15) is 23.1 Å². The lowest BCUT2D eigenvalue weighted by Crippen LogP contribution is -2.40. The summed E-state index contributed by atoms with van der Waals surface area (Å²) in [4.78, 5) is 33.2. The number of H-pyrrole nitrogens is 1. The molecule has 0 spiro atoms. The molecule has 0 unspecified atom stereocenters. The molecule has 0 saturated carbocycles. The van der Waals surface area contributed by atoms with Crippen molar-refractivity contribution in [2.45, 2.75) is 26.8 Å². The number of aromatic amines is 1. The third kappa shape index (κ3) is 5.97. The van der Waals surface area contributed by atoms with Gasteiger partial charge in [0.15, 0.2) is 0 Å². The van der Waals surface area contributed by atoms with E-state index >= 15 is 0 Å². The molecule has 1 aliphatic heterocycles. The van der Waals surface area contributed by atoms with Gasteiger partial charge in [0.2, 0.25) is 0 Å². The predicted octanol–water partition coefficient (Wildman–Crippen LogP) is 4.55. The Hall–Kier alpha value is -2.87. The lowest BCUT2D eigenvalue weighted by Gasteiger charge is -2.28. The SMILES string of the molecule is Cc1ccc(C)c2[nH]c(=O)c(CN(CCCN3CCOCC3)C(=O)Nc3ccc(Cl)cc3)cc12. The zero-order chi connectivity index (χ0) is 24.1. The van der Waals surface area contributed by atoms with Crippen molar-refractivity contribution >= 4 is 34.2 Å². The topological polar surface area (TPSA) is 77.7 Å². The van der Waals surface area contributed by atoms with Crippen LogP contribution in [0.2, 0.25) is 5.02 Å². The molecule has 4 rings (SSSR count). The first-order valence-corrected chi connectivity index (χ1v) is 12.0. The number of morpholine rings is 1. The molecule has 2 aromatic carbocycles. The van der Waals surface area contributed by atoms with E-state index in [0.717, 1.165) is 61.3 Å². The summed E-state index contributed by atoms with van der Waals surface area (Å²) < 4.78 is 5.42. The molecule has 0 radical (unpaired) electrons. The van der Waals surface area contributed by atoms with Gasteiger partial charge >= 0.3 is 6.03 Å². The number of amides is 2. The van der Waals surface area contributed by atoms with Crippen LogP contribution in [0.4, 0.5) is 10.5 Å². The van der Waals surface area contributed by atoms with E-state index < -0.39 is 0 Å². The Morgan fingerprint density at radius 1 is 1.12 bits per heavy atom. The number of hydrogen-bond acceptors (Lipinski definition) is 4. The second-order valence-corrected chi connectivity index (χ2v) is 9.21. The Morgan fingerprint density at radius 3 is 2.56 bits per heavy atom. The van der Waals surface area contributed by atoms with Gasteiger partial charge in [-0.05, 0) is 61.7 Å². The molecule has 34 heavy (non-hydrogen) atoms. The Labute approximate surface area is 204 Å². The van der Waals surface area contributed by atoms with Crippen LogP contribution in [0, 0.1) is 13.8 Å². The molecule has 0 atom stereocenters. The summed E-state index contributed by atoms with van der Waals surface area (Å²) in [6.07, 6.45) is 0.803. The fraction of sp³-hybridized carbons (Fsp3) is 0.385. The number of nitrogens with one attached hydrogen (secondary N) is 2. The molecule has 1 aliphatic rings. The third-order valence-electron chi connectivity index (χ3n) is 6.27. The summed E-state index contributed by atoms with van der Waals surface area (Å²) in [7, 11) is 0. The average Bonchev–Trinajstić information content (AvgIpc) is 2.83. The van der Waals surface area contributed by atoms with E-state index in [1.165, 1.54) is 0 Å². The number of rotatable bonds is 7. The van der Waals surface area contributed by atoms with Gasteiger partial charge < -0.3 is 19.9 Å². The van der Waals surface area contributed by atoms with Crippen molar-refractivity contribution in [1.82, 2.24) is 14.8 Å². The molecule has 180 valence electrons. The number of fused-ring (bicyclic) bond motifs is 1. The summed E-state index contributed by atoms with van der Waals surface area (Å²) in [5.74, 6) is 0. The maximum absolute atomic E-state index is 13.2. The minimum atomic E-state index is -0.246. The van der Waals surface area contributed by atoms with Crippen LogP contribution < -0.4 is 10.9 Å². The van der Waals surface area contributed by atoms with Crippen LogP contribution in [-0.4, -0.2) is 60.2 Å². The fourth-order valence-electron chi connectivity index (χ4n) is 4.24. The summed E-state index contributed by atoms with van der Waals surface area (Å²) in [6.45, 7) is 8.92. The molecule has 3 aromatic rings. The lowest BCUT2D eigenvalue weighted by atomic mass is 10.0. The van der Waals surface area contributed by atoms with Crippen molar-refractivity contribution in [2.75, 3.05) is 44.7 Å². The number of ether oxygens (including phenoxy) is 1. The molecule has 8 heteroatoms.